The third-order valence-electron chi connectivity index (χ3n) is 1.54. The summed E-state index contributed by atoms with van der Waals surface area (Å²) in [4.78, 5) is 21.0. The number of ketones is 1. The Morgan fingerprint density at radius 3 is 2.54 bits per heavy atom. The van der Waals surface area contributed by atoms with Crippen molar-refractivity contribution in [2.45, 2.75) is 6.92 Å². The zero-order chi connectivity index (χ0) is 10.0. The number of nitro groups is 1. The minimum Gasteiger partial charge on any atom is -0.294 e. The van der Waals surface area contributed by atoms with Gasteiger partial charge < -0.3 is 0 Å². The van der Waals surface area contributed by atoms with E-state index in [1.807, 2.05) is 0 Å². The zero-order valence-corrected chi connectivity index (χ0v) is 8.37. The highest BCUT2D eigenvalue weighted by molar-refractivity contribution is 9.10. The van der Waals surface area contributed by atoms with Crippen molar-refractivity contribution in [2.24, 2.45) is 0 Å². The van der Waals surface area contributed by atoms with Gasteiger partial charge >= 0.3 is 0 Å². The normalized spacial score (nSPS) is 9.69. The maximum absolute atomic E-state index is 11.1. The van der Waals surface area contributed by atoms with E-state index < -0.39 is 4.92 Å². The van der Waals surface area contributed by atoms with Crippen LogP contribution in [0.4, 0.5) is 5.69 Å². The maximum atomic E-state index is 11.1. The van der Waals surface area contributed by atoms with Crippen molar-refractivity contribution in [3.8, 4) is 0 Å². The topological polar surface area (TPSA) is 60.2 Å². The van der Waals surface area contributed by atoms with Crippen LogP contribution in [-0.4, -0.2) is 10.7 Å². The Hall–Kier alpha value is -1.23. The van der Waals surface area contributed by atoms with Crippen LogP contribution in [0.1, 0.15) is 17.3 Å². The van der Waals surface area contributed by atoms with E-state index in [2.05, 4.69) is 15.9 Å². The SMILES string of the molecule is CC(=O)c1c(Br)cccc1[N+](=O)[O-]. The van der Waals surface area contributed by atoms with Crippen LogP contribution in [0.5, 0.6) is 0 Å². The van der Waals surface area contributed by atoms with Gasteiger partial charge in [0, 0.05) is 10.5 Å². The summed E-state index contributed by atoms with van der Waals surface area (Å²) in [5.41, 5.74) is -0.0469. The Morgan fingerprint density at radius 2 is 2.15 bits per heavy atom. The van der Waals surface area contributed by atoms with Gasteiger partial charge in [-0.2, -0.15) is 0 Å². The Morgan fingerprint density at radius 1 is 1.54 bits per heavy atom. The predicted octanol–water partition coefficient (Wildman–Crippen LogP) is 2.56. The highest BCUT2D eigenvalue weighted by Gasteiger charge is 2.19. The maximum Gasteiger partial charge on any atom is 0.281 e. The van der Waals surface area contributed by atoms with Crippen molar-refractivity contribution in [3.63, 3.8) is 0 Å². The largest absolute Gasteiger partial charge is 0.294 e. The van der Waals surface area contributed by atoms with Crippen molar-refractivity contribution < 1.29 is 9.72 Å². The molecule has 0 amide bonds. The van der Waals surface area contributed by atoms with Gasteiger partial charge in [0.05, 0.1) is 4.92 Å². The number of halogens is 1. The molecule has 5 heteroatoms. The first-order chi connectivity index (χ1) is 6.04. The minimum absolute atomic E-state index is 0.118. The predicted molar refractivity (Wildman–Crippen MR) is 50.8 cm³/mol. The lowest BCUT2D eigenvalue weighted by atomic mass is 10.1. The number of nitro benzene ring substituents is 1. The number of hydrogen-bond donors (Lipinski definition) is 0. The first kappa shape index (κ1) is 9.85. The van der Waals surface area contributed by atoms with Crippen LogP contribution < -0.4 is 0 Å². The number of carbonyl (C=O) groups excluding carboxylic acids is 1. The first-order valence-corrected chi connectivity index (χ1v) is 4.27. The van der Waals surface area contributed by atoms with Crippen LogP contribution in [0, 0.1) is 10.1 Å². The zero-order valence-electron chi connectivity index (χ0n) is 6.78. The second kappa shape index (κ2) is 3.66. The summed E-state index contributed by atoms with van der Waals surface area (Å²) in [7, 11) is 0. The lowest BCUT2D eigenvalue weighted by Gasteiger charge is -2.00. The molecule has 4 nitrogen and oxygen atoms in total. The van der Waals surface area contributed by atoms with Crippen molar-refractivity contribution in [1.82, 2.24) is 0 Å². The summed E-state index contributed by atoms with van der Waals surface area (Å²) in [6.45, 7) is 1.30. The van der Waals surface area contributed by atoms with Crippen LogP contribution in [0.25, 0.3) is 0 Å². The molecule has 0 aliphatic rings. The molecule has 1 aromatic carbocycles. The van der Waals surface area contributed by atoms with Crippen molar-refractivity contribution in [2.75, 3.05) is 0 Å². The van der Waals surface area contributed by atoms with Crippen molar-refractivity contribution in [1.29, 1.82) is 0 Å². The molecular formula is C8H6BrNO3. The standard InChI is InChI=1S/C8H6BrNO3/c1-5(11)8-6(9)3-2-4-7(8)10(12)13/h2-4H,1H3. The lowest BCUT2D eigenvalue weighted by molar-refractivity contribution is -0.385. The number of hydrogen-bond acceptors (Lipinski definition) is 3. The Bertz CT molecular complexity index is 376. The van der Waals surface area contributed by atoms with Crippen LogP contribution in [-0.2, 0) is 0 Å². The molecule has 1 aromatic rings. The molecule has 0 unspecified atom stereocenters. The second-order valence-corrected chi connectivity index (χ2v) is 3.30. The average Bonchev–Trinajstić information content (AvgIpc) is 2.02. The molecule has 0 atom stereocenters. The molecule has 0 N–H and O–H groups in total. The average molecular weight is 244 g/mol. The number of benzene rings is 1. The highest BCUT2D eigenvalue weighted by Crippen LogP contribution is 2.26. The van der Waals surface area contributed by atoms with Gasteiger partial charge in [-0.15, -0.1) is 0 Å². The molecule has 1 rings (SSSR count). The Kier molecular flexibility index (Phi) is 2.77. The summed E-state index contributed by atoms with van der Waals surface area (Å²) < 4.78 is 0.453. The summed E-state index contributed by atoms with van der Waals surface area (Å²) in [6, 6.07) is 4.43. The summed E-state index contributed by atoms with van der Waals surface area (Å²) in [6.07, 6.45) is 0. The van der Waals surface area contributed by atoms with E-state index in [1.165, 1.54) is 19.1 Å². The van der Waals surface area contributed by atoms with Crippen LogP contribution in [0.3, 0.4) is 0 Å². The fourth-order valence-corrected chi connectivity index (χ4v) is 1.65. The highest BCUT2D eigenvalue weighted by atomic mass is 79.9. The number of Topliss-reactive ketones (excluding diaryl/α,β-unsaturated/α-hetero) is 1. The third-order valence-corrected chi connectivity index (χ3v) is 2.20. The van der Waals surface area contributed by atoms with E-state index >= 15 is 0 Å². The fourth-order valence-electron chi connectivity index (χ4n) is 1.01. The molecule has 0 spiro atoms. The molecule has 0 heterocycles. The van der Waals surface area contributed by atoms with Crippen LogP contribution >= 0.6 is 15.9 Å². The van der Waals surface area contributed by atoms with E-state index in [9.17, 15) is 14.9 Å². The van der Waals surface area contributed by atoms with Gasteiger partial charge in [-0.05, 0) is 28.9 Å². The molecular weight excluding hydrogens is 238 g/mol. The molecule has 0 radical (unpaired) electrons. The smallest absolute Gasteiger partial charge is 0.281 e. The molecule has 0 aliphatic carbocycles. The molecule has 0 aliphatic heterocycles. The van der Waals surface area contributed by atoms with Crippen molar-refractivity contribution in [3.05, 3.63) is 38.3 Å². The second-order valence-electron chi connectivity index (χ2n) is 2.45. The minimum atomic E-state index is -0.568. The molecule has 13 heavy (non-hydrogen) atoms. The van der Waals surface area contributed by atoms with Gasteiger partial charge in [0.1, 0.15) is 5.56 Å². The Labute approximate surface area is 82.8 Å². The molecule has 0 saturated carbocycles. The summed E-state index contributed by atoms with van der Waals surface area (Å²) in [5, 5.41) is 10.5. The third kappa shape index (κ3) is 1.92. The molecule has 0 aromatic heterocycles. The summed E-state index contributed by atoms with van der Waals surface area (Å²) in [5.74, 6) is -0.320. The van der Waals surface area contributed by atoms with Crippen molar-refractivity contribution >= 4 is 27.4 Å². The molecule has 0 bridgehead atoms. The number of carbonyl (C=O) groups is 1. The monoisotopic (exact) mass is 243 g/mol. The van der Waals surface area contributed by atoms with Gasteiger partial charge in [0.15, 0.2) is 5.78 Å². The van der Waals surface area contributed by atoms with E-state index in [0.717, 1.165) is 0 Å². The molecule has 68 valence electrons. The van der Waals surface area contributed by atoms with Gasteiger partial charge in [-0.3, -0.25) is 14.9 Å². The van der Waals surface area contributed by atoms with E-state index in [0.29, 0.717) is 4.47 Å². The lowest BCUT2D eigenvalue weighted by Crippen LogP contribution is -2.00. The molecule has 0 saturated heterocycles. The quantitative estimate of drug-likeness (QED) is 0.456. The summed E-state index contributed by atoms with van der Waals surface area (Å²) >= 11 is 3.09. The van der Waals surface area contributed by atoms with Gasteiger partial charge in [0.25, 0.3) is 5.69 Å². The Balaban J connectivity index is 3.43. The molecule has 0 fully saturated rings. The van der Waals surface area contributed by atoms with Gasteiger partial charge in [0.2, 0.25) is 0 Å². The van der Waals surface area contributed by atoms with Gasteiger partial charge in [-0.1, -0.05) is 6.07 Å². The first-order valence-electron chi connectivity index (χ1n) is 3.48. The van der Waals surface area contributed by atoms with E-state index in [4.69, 9.17) is 0 Å². The number of rotatable bonds is 2. The van der Waals surface area contributed by atoms with Crippen LogP contribution in [0.15, 0.2) is 22.7 Å². The van der Waals surface area contributed by atoms with Gasteiger partial charge in [-0.25, -0.2) is 0 Å². The van der Waals surface area contributed by atoms with E-state index in [1.54, 1.807) is 6.07 Å². The fraction of sp³-hybridized carbons (Fsp3) is 0.125. The van der Waals surface area contributed by atoms with E-state index in [-0.39, 0.29) is 17.0 Å². The van der Waals surface area contributed by atoms with Crippen LogP contribution in [0.2, 0.25) is 0 Å². The number of nitrogens with zero attached hydrogens (tertiary/aromatic N) is 1.